The number of hydrogen-bond acceptors (Lipinski definition) is 7. The Morgan fingerprint density at radius 1 is 0.971 bits per heavy atom. The summed E-state index contributed by atoms with van der Waals surface area (Å²) in [4.78, 5) is 25.1. The molecule has 13 heteroatoms. The number of hydrazone groups is 1. The average Bonchev–Trinajstić information content (AvgIpc) is 3.45. The zero-order valence-corrected chi connectivity index (χ0v) is 19.1. The van der Waals surface area contributed by atoms with Gasteiger partial charge in [-0.05, 0) is 31.5 Å². The van der Waals surface area contributed by atoms with Gasteiger partial charge in [-0.1, -0.05) is 0 Å². The van der Waals surface area contributed by atoms with Crippen LogP contribution in [0, 0.1) is 31.3 Å². The van der Waals surface area contributed by atoms with Crippen LogP contribution in [0.5, 0.6) is 0 Å². The molecule has 2 aliphatic rings. The van der Waals surface area contributed by atoms with Gasteiger partial charge in [-0.3, -0.25) is 4.57 Å². The van der Waals surface area contributed by atoms with Crippen molar-refractivity contribution in [2.75, 3.05) is 31.1 Å². The SMILES string of the molecule is Cc1nnc(C)n1-c1nc(N2CCN(C(=O)N3N=CC[C@H]3c3cc(F)cc(F)c3)CC2)ncc1F. The van der Waals surface area contributed by atoms with E-state index in [0.29, 0.717) is 55.8 Å². The number of benzene rings is 1. The first-order valence-corrected chi connectivity index (χ1v) is 11.0. The molecule has 4 heterocycles. The van der Waals surface area contributed by atoms with Crippen molar-refractivity contribution in [2.24, 2.45) is 5.10 Å². The van der Waals surface area contributed by atoms with Crippen molar-refractivity contribution < 1.29 is 18.0 Å². The molecule has 0 spiro atoms. The van der Waals surface area contributed by atoms with E-state index in [1.54, 1.807) is 25.0 Å². The summed E-state index contributed by atoms with van der Waals surface area (Å²) < 4.78 is 43.4. The van der Waals surface area contributed by atoms with Crippen molar-refractivity contribution in [3.63, 3.8) is 0 Å². The van der Waals surface area contributed by atoms with Gasteiger partial charge in [0.05, 0.1) is 12.2 Å². The number of rotatable bonds is 3. The van der Waals surface area contributed by atoms with Crippen molar-refractivity contribution in [3.05, 3.63) is 59.1 Å². The van der Waals surface area contributed by atoms with E-state index in [9.17, 15) is 18.0 Å². The molecule has 1 fully saturated rings. The van der Waals surface area contributed by atoms with Gasteiger partial charge < -0.3 is 9.80 Å². The number of carbonyl (C=O) groups excluding carboxylic acids is 1. The molecule has 3 aromatic rings. The summed E-state index contributed by atoms with van der Waals surface area (Å²) >= 11 is 0. The number of amides is 2. The van der Waals surface area contributed by atoms with Crippen molar-refractivity contribution in [2.45, 2.75) is 26.3 Å². The van der Waals surface area contributed by atoms with Gasteiger partial charge in [-0.2, -0.15) is 10.1 Å². The second-order valence-corrected chi connectivity index (χ2v) is 8.32. The minimum atomic E-state index is -0.705. The molecule has 10 nitrogen and oxygen atoms in total. The number of aromatic nitrogens is 5. The normalized spacial score (nSPS) is 18.0. The summed E-state index contributed by atoms with van der Waals surface area (Å²) in [5, 5.41) is 13.3. The zero-order chi connectivity index (χ0) is 24.7. The second-order valence-electron chi connectivity index (χ2n) is 8.32. The fourth-order valence-corrected chi connectivity index (χ4v) is 4.32. The molecule has 0 aliphatic carbocycles. The third-order valence-corrected chi connectivity index (χ3v) is 6.04. The molecule has 35 heavy (non-hydrogen) atoms. The highest BCUT2D eigenvalue weighted by Gasteiger charge is 2.34. The quantitative estimate of drug-likeness (QED) is 0.566. The first kappa shape index (κ1) is 22.7. The van der Waals surface area contributed by atoms with Crippen molar-refractivity contribution in [1.29, 1.82) is 0 Å². The van der Waals surface area contributed by atoms with Gasteiger partial charge in [0.2, 0.25) is 5.95 Å². The molecule has 5 rings (SSSR count). The van der Waals surface area contributed by atoms with Crippen LogP contribution in [0.25, 0.3) is 5.82 Å². The van der Waals surface area contributed by atoms with Gasteiger partial charge in [-0.25, -0.2) is 28.0 Å². The molecule has 2 aliphatic heterocycles. The van der Waals surface area contributed by atoms with Gasteiger partial charge >= 0.3 is 6.03 Å². The monoisotopic (exact) mass is 485 g/mol. The largest absolute Gasteiger partial charge is 0.341 e. The van der Waals surface area contributed by atoms with E-state index in [0.717, 1.165) is 12.3 Å². The van der Waals surface area contributed by atoms with Crippen LogP contribution in [-0.4, -0.2) is 73.1 Å². The van der Waals surface area contributed by atoms with Gasteiger partial charge in [0.15, 0.2) is 11.6 Å². The van der Waals surface area contributed by atoms with E-state index in [-0.39, 0.29) is 11.8 Å². The van der Waals surface area contributed by atoms with E-state index < -0.39 is 23.5 Å². The lowest BCUT2D eigenvalue weighted by molar-refractivity contribution is 0.139. The molecule has 1 aromatic carbocycles. The molecular formula is C22H22F3N9O. The molecule has 0 saturated carbocycles. The van der Waals surface area contributed by atoms with E-state index in [4.69, 9.17) is 0 Å². The van der Waals surface area contributed by atoms with E-state index in [2.05, 4.69) is 25.3 Å². The Kier molecular flexibility index (Phi) is 5.83. The zero-order valence-electron chi connectivity index (χ0n) is 19.1. The fraction of sp³-hybridized carbons (Fsp3) is 0.364. The summed E-state index contributed by atoms with van der Waals surface area (Å²) in [5.41, 5.74) is 0.346. The maximum absolute atomic E-state index is 14.5. The lowest BCUT2D eigenvalue weighted by Gasteiger charge is -2.37. The summed E-state index contributed by atoms with van der Waals surface area (Å²) in [6.45, 7) is 4.92. The standard InChI is InChI=1S/C22H22F3N9O/c1-13-29-30-14(2)33(13)20-18(25)12-26-21(28-20)31-5-7-32(8-6-31)22(35)34-19(3-4-27-34)15-9-16(23)11-17(24)10-15/h4,9-12,19H,3,5-8H2,1-2H3/t19-/m0/s1. The van der Waals surface area contributed by atoms with Crippen molar-refractivity contribution in [1.82, 2.24) is 34.6 Å². The van der Waals surface area contributed by atoms with Crippen molar-refractivity contribution in [3.8, 4) is 5.82 Å². The smallest absolute Gasteiger partial charge is 0.337 e. The number of aryl methyl sites for hydroxylation is 2. The molecule has 1 atom stereocenters. The molecule has 0 unspecified atom stereocenters. The Morgan fingerprint density at radius 3 is 2.29 bits per heavy atom. The van der Waals surface area contributed by atoms with Gasteiger partial charge in [0.1, 0.15) is 23.3 Å². The lowest BCUT2D eigenvalue weighted by atomic mass is 10.0. The molecule has 2 amide bonds. The van der Waals surface area contributed by atoms with Crippen LogP contribution in [0.15, 0.2) is 29.5 Å². The molecule has 0 N–H and O–H groups in total. The number of halogens is 3. The Morgan fingerprint density at radius 2 is 1.63 bits per heavy atom. The van der Waals surface area contributed by atoms with Gasteiger partial charge in [-0.15, -0.1) is 10.2 Å². The Labute approximate surface area is 198 Å². The maximum Gasteiger partial charge on any atom is 0.341 e. The number of nitrogens with zero attached hydrogens (tertiary/aromatic N) is 9. The number of urea groups is 1. The van der Waals surface area contributed by atoms with Gasteiger partial charge in [0.25, 0.3) is 0 Å². The first-order chi connectivity index (χ1) is 16.8. The first-order valence-electron chi connectivity index (χ1n) is 11.0. The third-order valence-electron chi connectivity index (χ3n) is 6.04. The highest BCUT2D eigenvalue weighted by atomic mass is 19.1. The lowest BCUT2D eigenvalue weighted by Crippen LogP contribution is -2.52. The average molecular weight is 485 g/mol. The topological polar surface area (TPSA) is 95.6 Å². The van der Waals surface area contributed by atoms with Crippen LogP contribution in [0.4, 0.5) is 23.9 Å². The molecule has 0 radical (unpaired) electrons. The molecular weight excluding hydrogens is 463 g/mol. The molecule has 1 saturated heterocycles. The Balaban J connectivity index is 1.29. The summed E-state index contributed by atoms with van der Waals surface area (Å²) in [5.74, 6) is -0.619. The van der Waals surface area contributed by atoms with Crippen LogP contribution < -0.4 is 4.90 Å². The minimum absolute atomic E-state index is 0.0603. The predicted molar refractivity (Wildman–Crippen MR) is 120 cm³/mol. The van der Waals surface area contributed by atoms with Crippen LogP contribution in [0.1, 0.15) is 29.7 Å². The summed E-state index contributed by atoms with van der Waals surface area (Å²) in [6.07, 6.45) is 3.03. The van der Waals surface area contributed by atoms with E-state index in [1.165, 1.54) is 21.7 Å². The predicted octanol–water partition coefficient (Wildman–Crippen LogP) is 2.77. The minimum Gasteiger partial charge on any atom is -0.337 e. The highest BCUT2D eigenvalue weighted by molar-refractivity contribution is 5.78. The summed E-state index contributed by atoms with van der Waals surface area (Å²) in [7, 11) is 0. The van der Waals surface area contributed by atoms with Crippen molar-refractivity contribution >= 4 is 18.2 Å². The molecule has 0 bridgehead atoms. The number of piperazine rings is 1. The Bertz CT molecular complexity index is 1260. The van der Waals surface area contributed by atoms with Gasteiger partial charge in [0, 0.05) is 44.9 Å². The van der Waals surface area contributed by atoms with Crippen LogP contribution in [0.2, 0.25) is 0 Å². The number of carbonyl (C=O) groups is 1. The second kappa shape index (κ2) is 8.96. The van der Waals surface area contributed by atoms with E-state index in [1.807, 2.05) is 4.90 Å². The molecule has 182 valence electrons. The number of anilines is 1. The molecule has 2 aromatic heterocycles. The number of hydrogen-bond donors (Lipinski definition) is 0. The summed E-state index contributed by atoms with van der Waals surface area (Å²) in [6, 6.07) is 2.28. The van der Waals surface area contributed by atoms with Crippen LogP contribution >= 0.6 is 0 Å². The third kappa shape index (κ3) is 4.29. The fourth-order valence-electron chi connectivity index (χ4n) is 4.32. The van der Waals surface area contributed by atoms with Crippen LogP contribution in [-0.2, 0) is 0 Å². The highest BCUT2D eigenvalue weighted by Crippen LogP contribution is 2.30. The maximum atomic E-state index is 14.5. The van der Waals surface area contributed by atoms with Crippen LogP contribution in [0.3, 0.4) is 0 Å². The Hall–Kier alpha value is -4.03. The van der Waals surface area contributed by atoms with E-state index >= 15 is 0 Å².